The molecule has 20 heavy (non-hydrogen) atoms. The highest BCUT2D eigenvalue weighted by atomic mass is 16.5. The van der Waals surface area contributed by atoms with Gasteiger partial charge in [0.2, 0.25) is 0 Å². The van der Waals surface area contributed by atoms with Crippen molar-refractivity contribution in [3.63, 3.8) is 0 Å². The number of rotatable bonds is 4. The van der Waals surface area contributed by atoms with E-state index in [0.29, 0.717) is 17.7 Å². The van der Waals surface area contributed by atoms with Crippen molar-refractivity contribution in [3.8, 4) is 11.8 Å². The molecule has 0 radical (unpaired) electrons. The van der Waals surface area contributed by atoms with E-state index in [0.717, 1.165) is 5.56 Å². The molecule has 0 aliphatic carbocycles. The molecule has 1 rings (SSSR count). The number of methoxy groups -OCH3 is 1. The van der Waals surface area contributed by atoms with Gasteiger partial charge >= 0.3 is 0 Å². The van der Waals surface area contributed by atoms with Crippen LogP contribution in [0, 0.1) is 18.8 Å². The summed E-state index contributed by atoms with van der Waals surface area (Å²) in [6, 6.07) is 5.57. The van der Waals surface area contributed by atoms with Crippen molar-refractivity contribution >= 4 is 5.91 Å². The molecule has 3 N–H and O–H groups in total. The van der Waals surface area contributed by atoms with E-state index in [1.54, 1.807) is 13.2 Å². The summed E-state index contributed by atoms with van der Waals surface area (Å²) in [6.07, 6.45) is 0. The fraction of sp³-hybridized carbons (Fsp3) is 0.438. The topological polar surface area (TPSA) is 64.3 Å². The highest BCUT2D eigenvalue weighted by Crippen LogP contribution is 2.13. The number of hydrogen-bond donors (Lipinski definition) is 2. The fourth-order valence-electron chi connectivity index (χ4n) is 1.88. The molecule has 1 amide bonds. The van der Waals surface area contributed by atoms with E-state index in [-0.39, 0.29) is 12.5 Å². The summed E-state index contributed by atoms with van der Waals surface area (Å²) in [5.74, 6) is 5.57. The number of amides is 1. The maximum Gasteiger partial charge on any atom is 0.253 e. The van der Waals surface area contributed by atoms with E-state index in [4.69, 9.17) is 10.5 Å². The average molecular weight is 274 g/mol. The zero-order chi connectivity index (χ0) is 15.2. The van der Waals surface area contributed by atoms with E-state index in [1.165, 1.54) is 0 Å². The summed E-state index contributed by atoms with van der Waals surface area (Å²) >= 11 is 0. The molecule has 108 valence electrons. The van der Waals surface area contributed by atoms with E-state index < -0.39 is 5.54 Å². The molecule has 0 atom stereocenters. The summed E-state index contributed by atoms with van der Waals surface area (Å²) in [6.45, 7) is 6.49. The predicted octanol–water partition coefficient (Wildman–Crippen LogP) is 1.46. The lowest BCUT2D eigenvalue weighted by Crippen LogP contribution is -2.47. The first-order chi connectivity index (χ1) is 9.39. The Morgan fingerprint density at radius 3 is 2.75 bits per heavy atom. The number of benzene rings is 1. The Hall–Kier alpha value is -1.83. The lowest BCUT2D eigenvalue weighted by atomic mass is 10.0. The van der Waals surface area contributed by atoms with Gasteiger partial charge in [-0.1, -0.05) is 17.9 Å². The molecule has 1 aromatic carbocycles. The Labute approximate surface area is 120 Å². The summed E-state index contributed by atoms with van der Waals surface area (Å²) in [5, 5.41) is 2.95. The third kappa shape index (κ3) is 4.69. The highest BCUT2D eigenvalue weighted by molar-refractivity contribution is 5.97. The molecule has 0 saturated carbocycles. The van der Waals surface area contributed by atoms with Gasteiger partial charge in [-0.15, -0.1) is 0 Å². The molecule has 0 fully saturated rings. The molecule has 4 nitrogen and oxygen atoms in total. The van der Waals surface area contributed by atoms with Gasteiger partial charge in [0, 0.05) is 12.7 Å². The van der Waals surface area contributed by atoms with Crippen LogP contribution < -0.4 is 11.1 Å². The van der Waals surface area contributed by atoms with Crippen LogP contribution in [0.3, 0.4) is 0 Å². The minimum Gasteiger partial charge on any atom is -0.382 e. The van der Waals surface area contributed by atoms with Gasteiger partial charge in [-0.25, -0.2) is 0 Å². The van der Waals surface area contributed by atoms with E-state index in [9.17, 15) is 4.79 Å². The molecule has 0 aromatic heterocycles. The van der Waals surface area contributed by atoms with Crippen LogP contribution in [0.1, 0.15) is 35.3 Å². The lowest BCUT2D eigenvalue weighted by molar-refractivity contribution is 0.0820. The second-order valence-electron chi connectivity index (χ2n) is 5.33. The monoisotopic (exact) mass is 274 g/mol. The van der Waals surface area contributed by atoms with Crippen molar-refractivity contribution in [2.75, 3.05) is 20.3 Å². The van der Waals surface area contributed by atoms with Crippen LogP contribution in [0.4, 0.5) is 0 Å². The number of ether oxygens (including phenoxy) is 1. The number of carbonyl (C=O) groups excluding carboxylic acids is 1. The summed E-state index contributed by atoms with van der Waals surface area (Å²) < 4.78 is 5.10. The van der Waals surface area contributed by atoms with Crippen LogP contribution in [0.25, 0.3) is 0 Å². The summed E-state index contributed by atoms with van der Waals surface area (Å²) in [5.41, 5.74) is 7.26. The number of aryl methyl sites for hydroxylation is 1. The normalized spacial score (nSPS) is 10.7. The minimum atomic E-state index is -0.435. The summed E-state index contributed by atoms with van der Waals surface area (Å²) in [4.78, 5) is 12.4. The maximum atomic E-state index is 12.4. The van der Waals surface area contributed by atoms with Gasteiger partial charge in [-0.05, 0) is 38.5 Å². The Morgan fingerprint density at radius 1 is 1.45 bits per heavy atom. The van der Waals surface area contributed by atoms with Gasteiger partial charge in [0.15, 0.2) is 0 Å². The first-order valence-electron chi connectivity index (χ1n) is 6.50. The van der Waals surface area contributed by atoms with Crippen molar-refractivity contribution < 1.29 is 9.53 Å². The second-order valence-corrected chi connectivity index (χ2v) is 5.33. The van der Waals surface area contributed by atoms with Crippen LogP contribution in [0.5, 0.6) is 0 Å². The van der Waals surface area contributed by atoms with Gasteiger partial charge in [-0.2, -0.15) is 0 Å². The molecule has 0 bridgehead atoms. The fourth-order valence-corrected chi connectivity index (χ4v) is 1.88. The van der Waals surface area contributed by atoms with Crippen molar-refractivity contribution in [1.82, 2.24) is 5.32 Å². The molecule has 0 aliphatic heterocycles. The molecule has 1 aromatic rings. The van der Waals surface area contributed by atoms with E-state index in [2.05, 4.69) is 17.2 Å². The molecular formula is C16H22N2O2. The highest BCUT2D eigenvalue weighted by Gasteiger charge is 2.22. The van der Waals surface area contributed by atoms with Crippen molar-refractivity contribution in [2.45, 2.75) is 26.3 Å². The number of nitrogens with two attached hydrogens (primary N) is 1. The molecule has 0 unspecified atom stereocenters. The number of carbonyl (C=O) groups is 1. The van der Waals surface area contributed by atoms with Gasteiger partial charge in [-0.3, -0.25) is 4.79 Å². The van der Waals surface area contributed by atoms with Gasteiger partial charge in [0.05, 0.1) is 24.3 Å². The van der Waals surface area contributed by atoms with Crippen molar-refractivity contribution in [2.24, 2.45) is 5.73 Å². The Balaban J connectivity index is 3.03. The minimum absolute atomic E-state index is 0.159. The third-order valence-corrected chi connectivity index (χ3v) is 2.70. The van der Waals surface area contributed by atoms with Crippen LogP contribution in [0.15, 0.2) is 18.2 Å². The molecule has 0 saturated heterocycles. The van der Waals surface area contributed by atoms with Crippen LogP contribution >= 0.6 is 0 Å². The Bertz CT molecular complexity index is 539. The molecule has 0 aliphatic rings. The maximum absolute atomic E-state index is 12.4. The average Bonchev–Trinajstić information content (AvgIpc) is 2.35. The van der Waals surface area contributed by atoms with E-state index in [1.807, 2.05) is 32.9 Å². The van der Waals surface area contributed by atoms with Gasteiger partial charge in [0.25, 0.3) is 5.91 Å². The standard InChI is InChI=1S/C16H22N2O2/c1-12-7-8-14(13(10-12)6-5-9-17)15(19)18-16(2,3)11-20-4/h7-8,10H,9,11,17H2,1-4H3,(H,18,19). The van der Waals surface area contributed by atoms with Gasteiger partial charge < -0.3 is 15.8 Å². The zero-order valence-electron chi connectivity index (χ0n) is 12.5. The quantitative estimate of drug-likeness (QED) is 0.817. The zero-order valence-corrected chi connectivity index (χ0v) is 12.5. The van der Waals surface area contributed by atoms with Crippen LogP contribution in [-0.4, -0.2) is 31.7 Å². The molecule has 0 spiro atoms. The smallest absolute Gasteiger partial charge is 0.253 e. The van der Waals surface area contributed by atoms with Crippen LogP contribution in [-0.2, 0) is 4.74 Å². The summed E-state index contributed by atoms with van der Waals surface area (Å²) in [7, 11) is 1.61. The SMILES string of the molecule is COCC(C)(C)NC(=O)c1ccc(C)cc1C#CCN. The van der Waals surface area contributed by atoms with Crippen molar-refractivity contribution in [1.29, 1.82) is 0 Å². The van der Waals surface area contributed by atoms with E-state index >= 15 is 0 Å². The lowest BCUT2D eigenvalue weighted by Gasteiger charge is -2.25. The molecule has 0 heterocycles. The Morgan fingerprint density at radius 2 is 2.15 bits per heavy atom. The predicted molar refractivity (Wildman–Crippen MR) is 80.5 cm³/mol. The Kier molecular flexibility index (Phi) is 5.75. The molecule has 4 heteroatoms. The van der Waals surface area contributed by atoms with Gasteiger partial charge in [0.1, 0.15) is 0 Å². The van der Waals surface area contributed by atoms with Crippen LogP contribution in [0.2, 0.25) is 0 Å². The largest absolute Gasteiger partial charge is 0.382 e. The number of hydrogen-bond acceptors (Lipinski definition) is 3. The third-order valence-electron chi connectivity index (χ3n) is 2.70. The molecular weight excluding hydrogens is 252 g/mol. The van der Waals surface area contributed by atoms with Crippen molar-refractivity contribution in [3.05, 3.63) is 34.9 Å². The second kappa shape index (κ2) is 7.09. The number of nitrogens with one attached hydrogen (secondary N) is 1. The first-order valence-corrected chi connectivity index (χ1v) is 6.50. The first kappa shape index (κ1) is 16.2.